The van der Waals surface area contributed by atoms with E-state index in [9.17, 15) is 0 Å². The Morgan fingerprint density at radius 3 is 2.80 bits per heavy atom. The molecule has 5 heteroatoms. The second-order valence-corrected chi connectivity index (χ2v) is 3.65. The maximum Gasteiger partial charge on any atom is 0.151 e. The summed E-state index contributed by atoms with van der Waals surface area (Å²) in [5.74, 6) is 1.25. The van der Waals surface area contributed by atoms with E-state index >= 15 is 0 Å². The Labute approximate surface area is 88.5 Å². The largest absolute Gasteiger partial charge is 0.382 e. The van der Waals surface area contributed by atoms with Gasteiger partial charge in [-0.1, -0.05) is 0 Å². The van der Waals surface area contributed by atoms with Crippen LogP contribution in [0.25, 0.3) is 0 Å². The highest BCUT2D eigenvalue weighted by Crippen LogP contribution is 2.30. The molecule has 1 aliphatic carbocycles. The third-order valence-electron chi connectivity index (χ3n) is 2.42. The van der Waals surface area contributed by atoms with Gasteiger partial charge >= 0.3 is 0 Å². The van der Waals surface area contributed by atoms with Crippen molar-refractivity contribution < 1.29 is 0 Å². The molecule has 0 amide bonds. The number of anilines is 2. The fourth-order valence-corrected chi connectivity index (χ4v) is 1.53. The van der Waals surface area contributed by atoms with Gasteiger partial charge in [0, 0.05) is 12.6 Å². The first-order valence-corrected chi connectivity index (χ1v) is 5.04. The number of hydrogen-bond acceptors (Lipinski definition) is 5. The Hall–Kier alpha value is -1.83. The molecule has 2 N–H and O–H groups in total. The molecule has 0 atom stereocenters. The lowest BCUT2D eigenvalue weighted by atomic mass is 10.3. The molecule has 0 aromatic carbocycles. The minimum Gasteiger partial charge on any atom is -0.382 e. The van der Waals surface area contributed by atoms with Crippen molar-refractivity contribution in [3.8, 4) is 6.07 Å². The number of rotatable bonds is 4. The molecule has 5 nitrogen and oxygen atoms in total. The van der Waals surface area contributed by atoms with Crippen LogP contribution in [0.5, 0.6) is 0 Å². The molecule has 0 radical (unpaired) electrons. The molecule has 1 aromatic heterocycles. The average Bonchev–Trinajstić information content (AvgIpc) is 3.05. The van der Waals surface area contributed by atoms with E-state index in [1.165, 1.54) is 12.8 Å². The predicted octanol–water partition coefficient (Wildman–Crippen LogP) is 0.941. The van der Waals surface area contributed by atoms with Gasteiger partial charge in [-0.3, -0.25) is 0 Å². The third-order valence-corrected chi connectivity index (χ3v) is 2.42. The Morgan fingerprint density at radius 2 is 2.27 bits per heavy atom. The normalized spacial score (nSPS) is 14.6. The number of hydrogen-bond donors (Lipinski definition) is 1. The lowest BCUT2D eigenvalue weighted by Gasteiger charge is -2.21. The molecule has 1 aliphatic rings. The molecule has 1 heterocycles. The quantitative estimate of drug-likeness (QED) is 0.787. The van der Waals surface area contributed by atoms with Crippen molar-refractivity contribution >= 4 is 11.6 Å². The second kappa shape index (κ2) is 4.13. The number of nitrogen functional groups attached to an aromatic ring is 1. The SMILES string of the molecule is N#CCCN(c1ccc(N)nn1)C1CC1. The summed E-state index contributed by atoms with van der Waals surface area (Å²) in [6.45, 7) is 0.722. The summed E-state index contributed by atoms with van der Waals surface area (Å²) < 4.78 is 0. The first-order valence-electron chi connectivity index (χ1n) is 5.04. The Bertz CT molecular complexity index is 362. The van der Waals surface area contributed by atoms with Crippen LogP contribution in [-0.2, 0) is 0 Å². The molecule has 2 rings (SSSR count). The van der Waals surface area contributed by atoms with Crippen molar-refractivity contribution in [1.82, 2.24) is 10.2 Å². The van der Waals surface area contributed by atoms with E-state index in [4.69, 9.17) is 11.0 Å². The third kappa shape index (κ3) is 2.34. The molecule has 78 valence electrons. The molecule has 0 saturated heterocycles. The Kier molecular flexibility index (Phi) is 2.68. The molecule has 0 bridgehead atoms. The maximum atomic E-state index is 8.58. The van der Waals surface area contributed by atoms with E-state index < -0.39 is 0 Å². The monoisotopic (exact) mass is 203 g/mol. The van der Waals surface area contributed by atoms with Gasteiger partial charge in [-0.15, -0.1) is 10.2 Å². The van der Waals surface area contributed by atoms with Crippen LogP contribution < -0.4 is 10.6 Å². The highest BCUT2D eigenvalue weighted by molar-refractivity contribution is 5.43. The predicted molar refractivity (Wildman–Crippen MR) is 57.0 cm³/mol. The summed E-state index contributed by atoms with van der Waals surface area (Å²) >= 11 is 0. The zero-order valence-corrected chi connectivity index (χ0v) is 8.43. The lowest BCUT2D eigenvalue weighted by molar-refractivity contribution is 0.766. The van der Waals surface area contributed by atoms with E-state index in [2.05, 4.69) is 21.2 Å². The molecular formula is C10H13N5. The van der Waals surface area contributed by atoms with Crippen molar-refractivity contribution in [3.05, 3.63) is 12.1 Å². The summed E-state index contributed by atoms with van der Waals surface area (Å²) in [7, 11) is 0. The molecule has 1 aromatic rings. The van der Waals surface area contributed by atoms with Crippen LogP contribution in [0.3, 0.4) is 0 Å². The van der Waals surface area contributed by atoms with Gasteiger partial charge in [-0.25, -0.2) is 0 Å². The highest BCUT2D eigenvalue weighted by atomic mass is 15.3. The summed E-state index contributed by atoms with van der Waals surface area (Å²) in [6, 6.07) is 6.28. The number of nitrogens with two attached hydrogens (primary N) is 1. The van der Waals surface area contributed by atoms with Crippen LogP contribution >= 0.6 is 0 Å². The van der Waals surface area contributed by atoms with Gasteiger partial charge in [-0.2, -0.15) is 5.26 Å². The molecule has 0 spiro atoms. The second-order valence-electron chi connectivity index (χ2n) is 3.65. The van der Waals surface area contributed by atoms with Crippen LogP contribution in [0.15, 0.2) is 12.1 Å². The van der Waals surface area contributed by atoms with Gasteiger partial charge in [0.25, 0.3) is 0 Å². The maximum absolute atomic E-state index is 8.58. The zero-order valence-electron chi connectivity index (χ0n) is 8.43. The standard InChI is InChI=1S/C10H13N5/c11-6-1-7-15(8-2-3-8)10-5-4-9(12)13-14-10/h4-5,8H,1-3,7H2,(H2,12,13). The zero-order chi connectivity index (χ0) is 10.7. The van der Waals surface area contributed by atoms with Crippen molar-refractivity contribution in [2.24, 2.45) is 0 Å². The molecule has 0 unspecified atom stereocenters. The van der Waals surface area contributed by atoms with E-state index in [1.807, 2.05) is 6.07 Å². The van der Waals surface area contributed by atoms with Crippen molar-refractivity contribution in [2.45, 2.75) is 25.3 Å². The van der Waals surface area contributed by atoms with E-state index in [0.29, 0.717) is 18.3 Å². The van der Waals surface area contributed by atoms with Crippen LogP contribution in [0.4, 0.5) is 11.6 Å². The topological polar surface area (TPSA) is 78.8 Å². The Balaban J connectivity index is 2.10. The average molecular weight is 203 g/mol. The van der Waals surface area contributed by atoms with E-state index in [1.54, 1.807) is 6.07 Å². The van der Waals surface area contributed by atoms with Gasteiger partial charge in [-0.05, 0) is 25.0 Å². The Morgan fingerprint density at radius 1 is 1.47 bits per heavy atom. The van der Waals surface area contributed by atoms with Crippen molar-refractivity contribution in [3.63, 3.8) is 0 Å². The summed E-state index contributed by atoms with van der Waals surface area (Å²) in [4.78, 5) is 2.13. The van der Waals surface area contributed by atoms with Gasteiger partial charge in [0.1, 0.15) is 5.82 Å². The van der Waals surface area contributed by atoms with Crippen molar-refractivity contribution in [1.29, 1.82) is 5.26 Å². The lowest BCUT2D eigenvalue weighted by Crippen LogP contribution is -2.27. The molecule has 0 aliphatic heterocycles. The van der Waals surface area contributed by atoms with Crippen LogP contribution in [0.2, 0.25) is 0 Å². The van der Waals surface area contributed by atoms with E-state index in [-0.39, 0.29) is 0 Å². The number of nitrogens with zero attached hydrogens (tertiary/aromatic N) is 4. The van der Waals surface area contributed by atoms with Gasteiger partial charge < -0.3 is 10.6 Å². The fourth-order valence-electron chi connectivity index (χ4n) is 1.53. The molecular weight excluding hydrogens is 190 g/mol. The molecule has 1 fully saturated rings. The molecule has 1 saturated carbocycles. The minimum absolute atomic E-state index is 0.426. The van der Waals surface area contributed by atoms with Crippen LogP contribution in [-0.4, -0.2) is 22.8 Å². The van der Waals surface area contributed by atoms with Gasteiger partial charge in [0.05, 0.1) is 12.5 Å². The summed E-state index contributed by atoms with van der Waals surface area (Å²) in [5, 5.41) is 16.4. The smallest absolute Gasteiger partial charge is 0.151 e. The number of aromatic nitrogens is 2. The molecule has 15 heavy (non-hydrogen) atoms. The first kappa shape index (κ1) is 9.71. The summed E-state index contributed by atoms with van der Waals surface area (Å²) in [5.41, 5.74) is 5.47. The van der Waals surface area contributed by atoms with Gasteiger partial charge in [0.15, 0.2) is 5.82 Å². The van der Waals surface area contributed by atoms with Gasteiger partial charge in [0.2, 0.25) is 0 Å². The first-order chi connectivity index (χ1) is 7.31. The number of nitriles is 1. The minimum atomic E-state index is 0.426. The van der Waals surface area contributed by atoms with E-state index in [0.717, 1.165) is 12.4 Å². The van der Waals surface area contributed by atoms with Crippen LogP contribution in [0.1, 0.15) is 19.3 Å². The fraction of sp³-hybridized carbons (Fsp3) is 0.500. The highest BCUT2D eigenvalue weighted by Gasteiger charge is 2.29. The summed E-state index contributed by atoms with van der Waals surface area (Å²) in [6.07, 6.45) is 2.87. The van der Waals surface area contributed by atoms with Crippen LogP contribution in [0, 0.1) is 11.3 Å². The van der Waals surface area contributed by atoms with Crippen molar-refractivity contribution in [2.75, 3.05) is 17.2 Å².